The van der Waals surface area contributed by atoms with Crippen molar-refractivity contribution in [3.8, 4) is 0 Å². The summed E-state index contributed by atoms with van der Waals surface area (Å²) >= 11 is 0. The minimum atomic E-state index is -0.760. The zero-order valence-corrected chi connectivity index (χ0v) is 12.3. The lowest BCUT2D eigenvalue weighted by Crippen LogP contribution is -2.12. The zero-order valence-electron chi connectivity index (χ0n) is 12.3. The molecule has 0 saturated heterocycles. The summed E-state index contributed by atoms with van der Waals surface area (Å²) < 4.78 is 0. The van der Waals surface area contributed by atoms with Gasteiger partial charge >= 0.3 is 5.97 Å². The van der Waals surface area contributed by atoms with Crippen LogP contribution in [0.3, 0.4) is 0 Å². The Hall–Kier alpha value is -2.36. The van der Waals surface area contributed by atoms with Gasteiger partial charge in [0.15, 0.2) is 0 Å². The third kappa shape index (κ3) is 4.31. The fourth-order valence-electron chi connectivity index (χ4n) is 2.08. The van der Waals surface area contributed by atoms with Crippen molar-refractivity contribution in [1.82, 2.24) is 4.98 Å². The highest BCUT2D eigenvalue weighted by molar-refractivity contribution is 5.69. The maximum absolute atomic E-state index is 10.8. The molecule has 0 bridgehead atoms. The summed E-state index contributed by atoms with van der Waals surface area (Å²) in [5.41, 5.74) is 4.43. The van der Waals surface area contributed by atoms with E-state index in [1.54, 1.807) is 13.1 Å². The second kappa shape index (κ2) is 6.88. The number of aromatic nitrogens is 1. The molecule has 1 atom stereocenters. The monoisotopic (exact) mass is 284 g/mol. The third-order valence-electron chi connectivity index (χ3n) is 3.55. The van der Waals surface area contributed by atoms with E-state index in [9.17, 15) is 4.79 Å². The van der Waals surface area contributed by atoms with E-state index in [0.717, 1.165) is 17.8 Å². The molecule has 4 nitrogen and oxygen atoms in total. The molecule has 110 valence electrons. The maximum atomic E-state index is 10.8. The van der Waals surface area contributed by atoms with E-state index in [4.69, 9.17) is 5.11 Å². The van der Waals surface area contributed by atoms with E-state index in [2.05, 4.69) is 17.2 Å². The smallest absolute Gasteiger partial charge is 0.306 e. The van der Waals surface area contributed by atoms with Gasteiger partial charge in [-0.05, 0) is 48.2 Å². The Morgan fingerprint density at radius 1 is 1.29 bits per heavy atom. The van der Waals surface area contributed by atoms with Gasteiger partial charge < -0.3 is 10.4 Å². The van der Waals surface area contributed by atoms with E-state index >= 15 is 0 Å². The van der Waals surface area contributed by atoms with E-state index in [1.807, 2.05) is 36.5 Å². The summed E-state index contributed by atoms with van der Waals surface area (Å²) in [5.74, 6) is -1.12. The number of benzene rings is 1. The number of hydrogen-bond donors (Lipinski definition) is 2. The first kappa shape index (κ1) is 15.0. The maximum Gasteiger partial charge on any atom is 0.306 e. The van der Waals surface area contributed by atoms with Crippen molar-refractivity contribution in [2.75, 3.05) is 5.32 Å². The van der Waals surface area contributed by atoms with Gasteiger partial charge in [0, 0.05) is 24.6 Å². The minimum Gasteiger partial charge on any atom is -0.481 e. The fourth-order valence-corrected chi connectivity index (χ4v) is 2.08. The lowest BCUT2D eigenvalue weighted by atomic mass is 10.0. The van der Waals surface area contributed by atoms with E-state index in [-0.39, 0.29) is 5.92 Å². The first-order valence-corrected chi connectivity index (χ1v) is 7.01. The van der Waals surface area contributed by atoms with Crippen LogP contribution >= 0.6 is 0 Å². The number of nitrogens with zero attached hydrogens (tertiary/aromatic N) is 1. The van der Waals surface area contributed by atoms with Gasteiger partial charge in [-0.3, -0.25) is 9.78 Å². The number of hydrogen-bond acceptors (Lipinski definition) is 3. The van der Waals surface area contributed by atoms with Gasteiger partial charge in [0.05, 0.1) is 5.92 Å². The van der Waals surface area contributed by atoms with Gasteiger partial charge in [-0.2, -0.15) is 0 Å². The van der Waals surface area contributed by atoms with Crippen LogP contribution in [0.5, 0.6) is 0 Å². The molecule has 2 aromatic rings. The molecule has 0 aliphatic heterocycles. The Morgan fingerprint density at radius 2 is 2.00 bits per heavy atom. The Bertz CT molecular complexity index is 608. The standard InChI is InChI=1S/C17H20N2O2/c1-12-7-8-18-10-15(12)11-19-16-5-3-14(4-6-16)9-13(2)17(20)21/h3-8,10,13,19H,9,11H2,1-2H3,(H,20,21). The quantitative estimate of drug-likeness (QED) is 0.854. The highest BCUT2D eigenvalue weighted by atomic mass is 16.4. The van der Waals surface area contributed by atoms with Gasteiger partial charge in [-0.15, -0.1) is 0 Å². The second-order valence-corrected chi connectivity index (χ2v) is 5.30. The first-order chi connectivity index (χ1) is 10.1. The fraction of sp³-hybridized carbons (Fsp3) is 0.294. The molecule has 0 aliphatic carbocycles. The number of carboxylic acid groups (broad SMARTS) is 1. The summed E-state index contributed by atoms with van der Waals surface area (Å²) in [7, 11) is 0. The van der Waals surface area contributed by atoms with Crippen LogP contribution in [0.4, 0.5) is 5.69 Å². The van der Waals surface area contributed by atoms with E-state index < -0.39 is 5.97 Å². The van der Waals surface area contributed by atoms with Crippen LogP contribution in [0.2, 0.25) is 0 Å². The molecule has 4 heteroatoms. The first-order valence-electron chi connectivity index (χ1n) is 7.01. The molecule has 0 radical (unpaired) electrons. The van der Waals surface area contributed by atoms with Crippen molar-refractivity contribution >= 4 is 11.7 Å². The average molecular weight is 284 g/mol. The zero-order chi connectivity index (χ0) is 15.2. The summed E-state index contributed by atoms with van der Waals surface area (Å²) in [4.78, 5) is 15.0. The summed E-state index contributed by atoms with van der Waals surface area (Å²) in [5, 5.41) is 12.3. The van der Waals surface area contributed by atoms with Gasteiger partial charge in [0.25, 0.3) is 0 Å². The molecule has 1 aromatic carbocycles. The molecular weight excluding hydrogens is 264 g/mol. The van der Waals surface area contributed by atoms with E-state index in [0.29, 0.717) is 6.42 Å². The summed E-state index contributed by atoms with van der Waals surface area (Å²) in [6.07, 6.45) is 4.21. The molecule has 0 aliphatic rings. The van der Waals surface area contributed by atoms with Crippen LogP contribution in [-0.2, 0) is 17.8 Å². The van der Waals surface area contributed by atoms with Gasteiger partial charge in [-0.1, -0.05) is 19.1 Å². The molecule has 0 saturated carbocycles. The molecule has 1 aromatic heterocycles. The normalized spacial score (nSPS) is 11.9. The van der Waals surface area contributed by atoms with Crippen LogP contribution < -0.4 is 5.32 Å². The van der Waals surface area contributed by atoms with Crippen molar-refractivity contribution in [2.45, 2.75) is 26.8 Å². The van der Waals surface area contributed by atoms with Crippen LogP contribution in [0.15, 0.2) is 42.7 Å². The molecular formula is C17H20N2O2. The molecule has 0 amide bonds. The molecule has 1 unspecified atom stereocenters. The van der Waals surface area contributed by atoms with Crippen molar-refractivity contribution in [1.29, 1.82) is 0 Å². The van der Waals surface area contributed by atoms with Crippen LogP contribution in [-0.4, -0.2) is 16.1 Å². The second-order valence-electron chi connectivity index (χ2n) is 5.30. The van der Waals surface area contributed by atoms with Crippen LogP contribution in [0, 0.1) is 12.8 Å². The van der Waals surface area contributed by atoms with Crippen molar-refractivity contribution in [3.63, 3.8) is 0 Å². The number of rotatable bonds is 6. The molecule has 2 N–H and O–H groups in total. The number of aliphatic carboxylic acids is 1. The Morgan fingerprint density at radius 3 is 2.62 bits per heavy atom. The Kier molecular flexibility index (Phi) is 4.93. The topological polar surface area (TPSA) is 62.2 Å². The highest BCUT2D eigenvalue weighted by Crippen LogP contribution is 2.15. The van der Waals surface area contributed by atoms with Gasteiger partial charge in [0.2, 0.25) is 0 Å². The lowest BCUT2D eigenvalue weighted by Gasteiger charge is -2.10. The molecule has 0 fully saturated rings. The van der Waals surface area contributed by atoms with Crippen molar-refractivity contribution in [2.24, 2.45) is 5.92 Å². The number of carbonyl (C=O) groups is 1. The average Bonchev–Trinajstić information content (AvgIpc) is 2.48. The predicted molar refractivity (Wildman–Crippen MR) is 83.2 cm³/mol. The number of nitrogens with one attached hydrogen (secondary N) is 1. The van der Waals surface area contributed by atoms with E-state index in [1.165, 1.54) is 11.1 Å². The summed E-state index contributed by atoms with van der Waals surface area (Å²) in [6.45, 7) is 4.51. The lowest BCUT2D eigenvalue weighted by molar-refractivity contribution is -0.141. The summed E-state index contributed by atoms with van der Waals surface area (Å²) in [6, 6.07) is 9.90. The Balaban J connectivity index is 1.94. The molecule has 0 spiro atoms. The minimum absolute atomic E-state index is 0.359. The number of pyridine rings is 1. The molecule has 2 rings (SSSR count). The number of carboxylic acids is 1. The number of aryl methyl sites for hydroxylation is 1. The Labute approximate surface area is 124 Å². The van der Waals surface area contributed by atoms with Gasteiger partial charge in [0.1, 0.15) is 0 Å². The SMILES string of the molecule is Cc1ccncc1CNc1ccc(CC(C)C(=O)O)cc1. The molecule has 1 heterocycles. The molecule has 21 heavy (non-hydrogen) atoms. The highest BCUT2D eigenvalue weighted by Gasteiger charge is 2.11. The number of anilines is 1. The third-order valence-corrected chi connectivity index (χ3v) is 3.55. The van der Waals surface area contributed by atoms with Gasteiger partial charge in [-0.25, -0.2) is 0 Å². The van der Waals surface area contributed by atoms with Crippen molar-refractivity contribution < 1.29 is 9.90 Å². The van der Waals surface area contributed by atoms with Crippen LogP contribution in [0.1, 0.15) is 23.6 Å². The predicted octanol–water partition coefficient (Wildman–Crippen LogP) is 3.27. The van der Waals surface area contributed by atoms with Crippen molar-refractivity contribution in [3.05, 3.63) is 59.4 Å². The largest absolute Gasteiger partial charge is 0.481 e. The van der Waals surface area contributed by atoms with Crippen LogP contribution in [0.25, 0.3) is 0 Å².